The summed E-state index contributed by atoms with van der Waals surface area (Å²) in [4.78, 5) is 20.1. The number of aromatic nitrogens is 3. The lowest BCUT2D eigenvalue weighted by Gasteiger charge is -2.33. The highest BCUT2D eigenvalue weighted by Crippen LogP contribution is 2.32. The molecule has 7 heteroatoms. The van der Waals surface area contributed by atoms with E-state index in [1.807, 2.05) is 67.8 Å². The summed E-state index contributed by atoms with van der Waals surface area (Å²) < 4.78 is 1.95. The van der Waals surface area contributed by atoms with Crippen molar-refractivity contribution in [2.75, 3.05) is 18.0 Å². The van der Waals surface area contributed by atoms with Gasteiger partial charge in [-0.1, -0.05) is 54.1 Å². The molecule has 0 aliphatic carbocycles. The van der Waals surface area contributed by atoms with Crippen molar-refractivity contribution >= 4 is 29.0 Å². The van der Waals surface area contributed by atoms with E-state index in [1.165, 1.54) is 0 Å². The van der Waals surface area contributed by atoms with E-state index in [0.29, 0.717) is 5.02 Å². The Morgan fingerprint density at radius 2 is 1.74 bits per heavy atom. The van der Waals surface area contributed by atoms with Gasteiger partial charge in [0, 0.05) is 41.4 Å². The Kier molecular flexibility index (Phi) is 6.48. The van der Waals surface area contributed by atoms with E-state index in [9.17, 15) is 4.79 Å². The van der Waals surface area contributed by atoms with Crippen LogP contribution in [0.3, 0.4) is 0 Å². The van der Waals surface area contributed by atoms with Crippen LogP contribution in [0.2, 0.25) is 5.02 Å². The molecule has 1 saturated heterocycles. The predicted molar refractivity (Wildman–Crippen MR) is 141 cm³/mol. The second-order valence-electron chi connectivity index (χ2n) is 9.36. The summed E-state index contributed by atoms with van der Waals surface area (Å²) in [5.41, 5.74) is 5.91. The van der Waals surface area contributed by atoms with Crippen molar-refractivity contribution in [3.05, 3.63) is 82.6 Å². The van der Waals surface area contributed by atoms with Gasteiger partial charge in [0.25, 0.3) is 0 Å². The van der Waals surface area contributed by atoms with Gasteiger partial charge in [-0.25, -0.2) is 4.98 Å². The summed E-state index contributed by atoms with van der Waals surface area (Å²) in [6, 6.07) is 20.0. The topological polar surface area (TPSA) is 62.5 Å². The third kappa shape index (κ3) is 4.76. The number of piperidine rings is 1. The molecule has 0 spiro atoms. The molecule has 4 aromatic rings. The van der Waals surface area contributed by atoms with E-state index in [-0.39, 0.29) is 17.9 Å². The van der Waals surface area contributed by atoms with E-state index < -0.39 is 0 Å². The van der Waals surface area contributed by atoms with Crippen molar-refractivity contribution in [2.24, 2.45) is 5.92 Å². The molecular weight excluding hydrogens is 458 g/mol. The number of halogens is 1. The molecular formula is C28H30ClN5O. The summed E-state index contributed by atoms with van der Waals surface area (Å²) in [6.07, 6.45) is 1.61. The van der Waals surface area contributed by atoms with Crippen LogP contribution in [0.1, 0.15) is 42.8 Å². The maximum absolute atomic E-state index is 13.0. The van der Waals surface area contributed by atoms with E-state index in [4.69, 9.17) is 21.7 Å². The zero-order chi connectivity index (χ0) is 24.5. The molecule has 0 bridgehead atoms. The molecule has 2 aromatic heterocycles. The molecule has 1 amide bonds. The van der Waals surface area contributed by atoms with Gasteiger partial charge in [0.15, 0.2) is 5.65 Å². The van der Waals surface area contributed by atoms with Crippen molar-refractivity contribution in [2.45, 2.75) is 39.7 Å². The number of aryl methyl sites for hydroxylation is 2. The Hall–Kier alpha value is -3.38. The summed E-state index contributed by atoms with van der Waals surface area (Å²) in [6.45, 7) is 7.67. The predicted octanol–water partition coefficient (Wildman–Crippen LogP) is 5.76. The summed E-state index contributed by atoms with van der Waals surface area (Å²) >= 11 is 6.10. The highest BCUT2D eigenvalue weighted by atomic mass is 35.5. The van der Waals surface area contributed by atoms with E-state index in [1.54, 1.807) is 0 Å². The molecule has 5 rings (SSSR count). The van der Waals surface area contributed by atoms with Gasteiger partial charge in [-0.2, -0.15) is 9.61 Å². The Labute approximate surface area is 210 Å². The molecule has 35 heavy (non-hydrogen) atoms. The number of fused-ring (bicyclic) bond motifs is 1. The van der Waals surface area contributed by atoms with Crippen LogP contribution in [0, 0.1) is 19.8 Å². The van der Waals surface area contributed by atoms with Crippen molar-refractivity contribution < 1.29 is 4.79 Å². The van der Waals surface area contributed by atoms with Crippen LogP contribution in [-0.2, 0) is 4.79 Å². The molecule has 0 unspecified atom stereocenters. The van der Waals surface area contributed by atoms with Gasteiger partial charge >= 0.3 is 0 Å². The minimum absolute atomic E-state index is 0.00235. The quantitative estimate of drug-likeness (QED) is 0.388. The van der Waals surface area contributed by atoms with E-state index >= 15 is 0 Å². The highest BCUT2D eigenvalue weighted by Gasteiger charge is 2.28. The van der Waals surface area contributed by atoms with Gasteiger partial charge in [-0.3, -0.25) is 4.79 Å². The molecule has 0 radical (unpaired) electrons. The molecule has 3 heterocycles. The number of nitrogens with zero attached hydrogens (tertiary/aromatic N) is 4. The van der Waals surface area contributed by atoms with Crippen LogP contribution in [0.5, 0.6) is 0 Å². The number of benzene rings is 2. The van der Waals surface area contributed by atoms with Crippen molar-refractivity contribution in [3.8, 4) is 11.1 Å². The highest BCUT2D eigenvalue weighted by molar-refractivity contribution is 6.30. The van der Waals surface area contributed by atoms with Crippen molar-refractivity contribution in [1.82, 2.24) is 19.9 Å². The van der Waals surface area contributed by atoms with Crippen LogP contribution < -0.4 is 10.2 Å². The Morgan fingerprint density at radius 1 is 1.06 bits per heavy atom. The smallest absolute Gasteiger partial charge is 0.223 e. The van der Waals surface area contributed by atoms with E-state index in [2.05, 4.69) is 28.4 Å². The van der Waals surface area contributed by atoms with Crippen LogP contribution in [0.4, 0.5) is 5.82 Å². The fraction of sp³-hybridized carbons (Fsp3) is 0.321. The fourth-order valence-corrected chi connectivity index (χ4v) is 5.06. The van der Waals surface area contributed by atoms with Gasteiger partial charge in [0.1, 0.15) is 5.82 Å². The average molecular weight is 488 g/mol. The molecule has 0 saturated carbocycles. The molecule has 1 atom stereocenters. The monoisotopic (exact) mass is 487 g/mol. The van der Waals surface area contributed by atoms with Crippen LogP contribution in [0.15, 0.2) is 60.7 Å². The van der Waals surface area contributed by atoms with Gasteiger partial charge in [0.05, 0.1) is 11.7 Å². The first kappa shape index (κ1) is 23.4. The normalized spacial score (nSPS) is 15.4. The first-order valence-electron chi connectivity index (χ1n) is 12.1. The number of hydrogen-bond donors (Lipinski definition) is 1. The van der Waals surface area contributed by atoms with E-state index in [0.717, 1.165) is 65.5 Å². The average Bonchev–Trinajstić information content (AvgIpc) is 3.20. The molecule has 2 aromatic carbocycles. The zero-order valence-corrected chi connectivity index (χ0v) is 21.1. The maximum atomic E-state index is 13.0. The van der Waals surface area contributed by atoms with Gasteiger partial charge in [-0.05, 0) is 56.9 Å². The lowest BCUT2D eigenvalue weighted by Crippen LogP contribution is -2.41. The van der Waals surface area contributed by atoms with Crippen LogP contribution in [-0.4, -0.2) is 33.6 Å². The fourth-order valence-electron chi connectivity index (χ4n) is 4.93. The number of anilines is 1. The number of nitrogens with one attached hydrogen (secondary N) is 1. The third-order valence-electron chi connectivity index (χ3n) is 6.85. The summed E-state index contributed by atoms with van der Waals surface area (Å²) in [5, 5.41) is 8.76. The second kappa shape index (κ2) is 9.70. The number of hydrogen-bond acceptors (Lipinski definition) is 4. The Morgan fingerprint density at radius 3 is 2.43 bits per heavy atom. The number of carbonyl (C=O) groups excluding carboxylic acids is 1. The third-order valence-corrected chi connectivity index (χ3v) is 7.11. The summed E-state index contributed by atoms with van der Waals surface area (Å²) in [7, 11) is 0. The standard InChI is InChI=1S/C28H30ClN5O/c1-18-17-25(34-27(30-18)26(20(3)32-34)22-9-11-24(29)12-10-22)33-15-13-23(14-16-33)28(35)31-19(2)21-7-5-4-6-8-21/h4-12,17,19,23H,13-16H2,1-3H3,(H,31,35)/t19-/m0/s1. The number of carbonyl (C=O) groups is 1. The minimum atomic E-state index is 0.00235. The molecule has 1 aliphatic rings. The number of rotatable bonds is 5. The SMILES string of the molecule is Cc1cc(N2CCC(C(=O)N[C@@H](C)c3ccccc3)CC2)n2nc(C)c(-c3ccc(Cl)cc3)c2n1. The van der Waals surface area contributed by atoms with Gasteiger partial charge in [0.2, 0.25) is 5.91 Å². The summed E-state index contributed by atoms with van der Waals surface area (Å²) in [5.74, 6) is 1.17. The van der Waals surface area contributed by atoms with Crippen molar-refractivity contribution in [3.63, 3.8) is 0 Å². The second-order valence-corrected chi connectivity index (χ2v) is 9.80. The molecule has 1 N–H and O–H groups in total. The zero-order valence-electron chi connectivity index (χ0n) is 20.3. The van der Waals surface area contributed by atoms with Gasteiger partial charge < -0.3 is 10.2 Å². The lowest BCUT2D eigenvalue weighted by molar-refractivity contribution is -0.126. The first-order chi connectivity index (χ1) is 16.9. The van der Waals surface area contributed by atoms with Crippen LogP contribution in [0.25, 0.3) is 16.8 Å². The molecule has 1 aliphatic heterocycles. The number of amides is 1. The first-order valence-corrected chi connectivity index (χ1v) is 12.5. The van der Waals surface area contributed by atoms with Crippen LogP contribution >= 0.6 is 11.6 Å². The largest absolute Gasteiger partial charge is 0.356 e. The Bertz CT molecular complexity index is 1340. The minimum Gasteiger partial charge on any atom is -0.356 e. The van der Waals surface area contributed by atoms with Gasteiger partial charge in [-0.15, -0.1) is 0 Å². The Balaban J connectivity index is 1.34. The molecule has 6 nitrogen and oxygen atoms in total. The maximum Gasteiger partial charge on any atom is 0.223 e. The van der Waals surface area contributed by atoms with Crippen molar-refractivity contribution in [1.29, 1.82) is 0 Å². The lowest BCUT2D eigenvalue weighted by atomic mass is 9.95. The molecule has 180 valence electrons. The molecule has 1 fully saturated rings.